The number of aromatic nitrogens is 4. The SMILES string of the molecule is CNc1cc(F)cc2c1[nH]c1ncc(-c3cnc(OC)nc3)c(N3CCC(F)(CN)C3)c12. The molecule has 5 rings (SSSR count). The van der Waals surface area contributed by atoms with E-state index in [-0.39, 0.29) is 24.9 Å². The van der Waals surface area contributed by atoms with E-state index >= 15 is 4.39 Å². The van der Waals surface area contributed by atoms with Crippen molar-refractivity contribution >= 4 is 33.3 Å². The van der Waals surface area contributed by atoms with Crippen molar-refractivity contribution in [2.24, 2.45) is 5.73 Å². The Hall–Kier alpha value is -3.53. The number of nitrogens with one attached hydrogen (secondary N) is 2. The standard InChI is InChI=1S/C22H23F2N7O/c1-26-16-6-13(23)5-14-17-19(31-4-3-22(24,10-25)11-31)15(9-27-20(17)30-18(14)16)12-7-28-21(32-2)29-8-12/h5-9,26H,3-4,10-11,25H2,1-2H3,(H,27,30). The Morgan fingerprint density at radius 2 is 2.03 bits per heavy atom. The number of rotatable bonds is 5. The second-order valence-electron chi connectivity index (χ2n) is 7.98. The summed E-state index contributed by atoms with van der Waals surface area (Å²) in [6.07, 6.45) is 5.28. The van der Waals surface area contributed by atoms with E-state index in [1.54, 1.807) is 25.6 Å². The molecule has 3 aromatic heterocycles. The predicted molar refractivity (Wildman–Crippen MR) is 120 cm³/mol. The highest BCUT2D eigenvalue weighted by Crippen LogP contribution is 2.44. The first-order chi connectivity index (χ1) is 15.5. The minimum atomic E-state index is -1.49. The van der Waals surface area contributed by atoms with E-state index in [1.165, 1.54) is 19.2 Å². The van der Waals surface area contributed by atoms with Crippen LogP contribution in [-0.4, -0.2) is 59.4 Å². The number of ether oxygens (including phenoxy) is 1. The van der Waals surface area contributed by atoms with Crippen LogP contribution in [0.25, 0.3) is 33.1 Å². The zero-order valence-electron chi connectivity index (χ0n) is 17.7. The number of H-pyrrole nitrogens is 1. The van der Waals surface area contributed by atoms with Crippen LogP contribution in [0.2, 0.25) is 0 Å². The fraction of sp³-hybridized carbons (Fsp3) is 0.318. The Labute approximate surface area is 182 Å². The molecule has 32 heavy (non-hydrogen) atoms. The minimum absolute atomic E-state index is 0.0644. The van der Waals surface area contributed by atoms with Crippen molar-refractivity contribution < 1.29 is 13.5 Å². The zero-order valence-corrected chi connectivity index (χ0v) is 17.7. The molecule has 1 aromatic carbocycles. The van der Waals surface area contributed by atoms with Crippen LogP contribution in [0.15, 0.2) is 30.7 Å². The number of nitrogens with zero attached hydrogens (tertiary/aromatic N) is 4. The number of anilines is 2. The predicted octanol–water partition coefficient (Wildman–Crippen LogP) is 3.24. The van der Waals surface area contributed by atoms with Gasteiger partial charge >= 0.3 is 6.01 Å². The Bertz CT molecular complexity index is 1310. The number of halogens is 2. The zero-order chi connectivity index (χ0) is 22.5. The maximum atomic E-state index is 15.1. The second-order valence-corrected chi connectivity index (χ2v) is 7.98. The van der Waals surface area contributed by atoms with Gasteiger partial charge in [-0.2, -0.15) is 0 Å². The van der Waals surface area contributed by atoms with Gasteiger partial charge in [-0.3, -0.25) is 0 Å². The number of methoxy groups -OCH3 is 1. The third-order valence-corrected chi connectivity index (χ3v) is 6.04. The number of fused-ring (bicyclic) bond motifs is 3. The van der Waals surface area contributed by atoms with Gasteiger partial charge in [0.25, 0.3) is 0 Å². The Morgan fingerprint density at radius 1 is 1.25 bits per heavy atom. The molecule has 4 heterocycles. The van der Waals surface area contributed by atoms with Gasteiger partial charge in [-0.05, 0) is 12.1 Å². The third-order valence-electron chi connectivity index (χ3n) is 6.04. The van der Waals surface area contributed by atoms with Crippen LogP contribution in [0, 0.1) is 5.82 Å². The highest BCUT2D eigenvalue weighted by Gasteiger charge is 2.39. The summed E-state index contributed by atoms with van der Waals surface area (Å²) in [5.41, 5.74) is 8.31. The largest absolute Gasteiger partial charge is 0.467 e. The van der Waals surface area contributed by atoms with Crippen molar-refractivity contribution in [3.05, 3.63) is 36.5 Å². The normalized spacial score (nSPS) is 18.6. The summed E-state index contributed by atoms with van der Waals surface area (Å²) in [7, 11) is 3.22. The number of nitrogens with two attached hydrogens (primary N) is 1. The molecule has 0 amide bonds. The highest BCUT2D eigenvalue weighted by molar-refractivity contribution is 6.17. The summed E-state index contributed by atoms with van der Waals surface area (Å²) < 4.78 is 34.7. The lowest BCUT2D eigenvalue weighted by molar-refractivity contribution is 0.204. The number of hydrogen-bond donors (Lipinski definition) is 3. The molecular weight excluding hydrogens is 416 g/mol. The number of aromatic amines is 1. The molecule has 1 aliphatic heterocycles. The maximum absolute atomic E-state index is 15.1. The molecule has 10 heteroatoms. The van der Waals surface area contributed by atoms with Crippen LogP contribution in [0.3, 0.4) is 0 Å². The van der Waals surface area contributed by atoms with Gasteiger partial charge in [0.2, 0.25) is 0 Å². The van der Waals surface area contributed by atoms with E-state index < -0.39 is 5.67 Å². The lowest BCUT2D eigenvalue weighted by Gasteiger charge is -2.24. The third kappa shape index (κ3) is 3.18. The van der Waals surface area contributed by atoms with Gasteiger partial charge in [-0.25, -0.2) is 23.7 Å². The molecule has 1 aliphatic rings. The highest BCUT2D eigenvalue weighted by atomic mass is 19.1. The van der Waals surface area contributed by atoms with Crippen LogP contribution in [0.1, 0.15) is 6.42 Å². The first-order valence-electron chi connectivity index (χ1n) is 10.3. The van der Waals surface area contributed by atoms with Crippen molar-refractivity contribution in [2.75, 3.05) is 44.0 Å². The summed E-state index contributed by atoms with van der Waals surface area (Å²) in [5.74, 6) is -0.380. The molecule has 0 saturated carbocycles. The lowest BCUT2D eigenvalue weighted by atomic mass is 10.0. The van der Waals surface area contributed by atoms with Gasteiger partial charge in [-0.15, -0.1) is 0 Å². The summed E-state index contributed by atoms with van der Waals surface area (Å²) >= 11 is 0. The molecule has 1 fully saturated rings. The first kappa shape index (κ1) is 20.4. The van der Waals surface area contributed by atoms with Crippen molar-refractivity contribution in [3.8, 4) is 17.1 Å². The van der Waals surface area contributed by atoms with E-state index in [1.807, 2.05) is 4.90 Å². The topological polar surface area (TPSA) is 105 Å². The van der Waals surface area contributed by atoms with Gasteiger partial charge in [0, 0.05) is 61.7 Å². The molecule has 4 aromatic rings. The second kappa shape index (κ2) is 7.56. The fourth-order valence-electron chi connectivity index (χ4n) is 4.40. The van der Waals surface area contributed by atoms with Crippen molar-refractivity contribution in [2.45, 2.75) is 12.1 Å². The lowest BCUT2D eigenvalue weighted by Crippen LogP contribution is -2.36. The van der Waals surface area contributed by atoms with Gasteiger partial charge in [0.1, 0.15) is 17.1 Å². The van der Waals surface area contributed by atoms with Gasteiger partial charge in [-0.1, -0.05) is 0 Å². The van der Waals surface area contributed by atoms with E-state index in [2.05, 4.69) is 25.3 Å². The van der Waals surface area contributed by atoms with Gasteiger partial charge in [0.05, 0.1) is 35.9 Å². The van der Waals surface area contributed by atoms with E-state index in [0.717, 1.165) is 16.8 Å². The van der Waals surface area contributed by atoms with Crippen molar-refractivity contribution in [1.29, 1.82) is 0 Å². The molecule has 1 atom stereocenters. The Balaban J connectivity index is 1.81. The van der Waals surface area contributed by atoms with E-state index in [9.17, 15) is 4.39 Å². The molecule has 166 valence electrons. The van der Waals surface area contributed by atoms with Crippen LogP contribution in [0.5, 0.6) is 6.01 Å². The molecule has 0 bridgehead atoms. The number of alkyl halides is 1. The molecule has 1 unspecified atom stereocenters. The Kier molecular flexibility index (Phi) is 4.81. The number of pyridine rings is 1. The fourth-order valence-corrected chi connectivity index (χ4v) is 4.40. The molecular formula is C22H23F2N7O. The van der Waals surface area contributed by atoms with Gasteiger partial charge < -0.3 is 25.7 Å². The molecule has 1 saturated heterocycles. The average Bonchev–Trinajstić information content (AvgIpc) is 3.39. The first-order valence-corrected chi connectivity index (χ1v) is 10.3. The van der Waals surface area contributed by atoms with Gasteiger partial charge in [0.15, 0.2) is 0 Å². The summed E-state index contributed by atoms with van der Waals surface area (Å²) in [6, 6.07) is 3.13. The molecule has 0 spiro atoms. The maximum Gasteiger partial charge on any atom is 0.316 e. The quantitative estimate of drug-likeness (QED) is 0.438. The minimum Gasteiger partial charge on any atom is -0.467 e. The number of benzene rings is 1. The Morgan fingerprint density at radius 3 is 2.69 bits per heavy atom. The van der Waals surface area contributed by atoms with Crippen LogP contribution in [0.4, 0.5) is 20.2 Å². The summed E-state index contributed by atoms with van der Waals surface area (Å²) in [5, 5.41) is 4.39. The van der Waals surface area contributed by atoms with Crippen LogP contribution < -0.4 is 20.7 Å². The van der Waals surface area contributed by atoms with E-state index in [0.29, 0.717) is 40.6 Å². The molecule has 0 aliphatic carbocycles. The summed E-state index contributed by atoms with van der Waals surface area (Å²) in [4.78, 5) is 18.2. The van der Waals surface area contributed by atoms with Crippen molar-refractivity contribution in [1.82, 2.24) is 19.9 Å². The van der Waals surface area contributed by atoms with Crippen molar-refractivity contribution in [3.63, 3.8) is 0 Å². The average molecular weight is 439 g/mol. The molecule has 4 N–H and O–H groups in total. The monoisotopic (exact) mass is 439 g/mol. The van der Waals surface area contributed by atoms with Crippen LogP contribution in [-0.2, 0) is 0 Å². The molecule has 8 nitrogen and oxygen atoms in total. The smallest absolute Gasteiger partial charge is 0.316 e. The molecule has 0 radical (unpaired) electrons. The summed E-state index contributed by atoms with van der Waals surface area (Å²) in [6.45, 7) is 0.538. The van der Waals surface area contributed by atoms with E-state index in [4.69, 9.17) is 10.5 Å². The number of hydrogen-bond acceptors (Lipinski definition) is 7. The van der Waals surface area contributed by atoms with Crippen LogP contribution >= 0.6 is 0 Å².